The van der Waals surface area contributed by atoms with Crippen LogP contribution in [0.25, 0.3) is 0 Å². The predicted molar refractivity (Wildman–Crippen MR) is 75.6 cm³/mol. The van der Waals surface area contributed by atoms with Crippen molar-refractivity contribution in [2.75, 3.05) is 26.2 Å². The summed E-state index contributed by atoms with van der Waals surface area (Å²) in [5.41, 5.74) is 0.0688. The maximum absolute atomic E-state index is 13.9. The molecule has 2 nitrogen and oxygen atoms in total. The number of nitrogens with one attached hydrogen (secondary N) is 1. The van der Waals surface area contributed by atoms with Gasteiger partial charge in [-0.05, 0) is 12.5 Å². The smallest absolute Gasteiger partial charge is 0.163 e. The molecule has 0 aliphatic carbocycles. The Morgan fingerprint density at radius 3 is 2.50 bits per heavy atom. The van der Waals surface area contributed by atoms with E-state index >= 15 is 0 Å². The molecule has 1 aromatic carbocycles. The zero-order valence-electron chi connectivity index (χ0n) is 11.0. The Kier molecular flexibility index (Phi) is 6.52. The summed E-state index contributed by atoms with van der Waals surface area (Å²) in [7, 11) is 0. The second kappa shape index (κ2) is 7.67. The van der Waals surface area contributed by atoms with Gasteiger partial charge in [-0.25, -0.2) is 13.2 Å². The Morgan fingerprint density at radius 1 is 1.25 bits per heavy atom. The van der Waals surface area contributed by atoms with Crippen molar-refractivity contribution < 1.29 is 13.2 Å². The standard InChI is InChI=1S/C14H17F3N2.ClH/c1-2-3-13(19-6-4-18-5-7-19)11-8-10(15)9-12(16)14(11)17;/h2,8-9,13,18H,1,3-7H2;1H/t13-;/m0./s1. The van der Waals surface area contributed by atoms with Gasteiger partial charge in [0.05, 0.1) is 0 Å². The summed E-state index contributed by atoms with van der Waals surface area (Å²) in [6.07, 6.45) is 2.11. The van der Waals surface area contributed by atoms with Crippen LogP contribution in [0.15, 0.2) is 24.8 Å². The molecule has 0 bridgehead atoms. The molecule has 6 heteroatoms. The summed E-state index contributed by atoms with van der Waals surface area (Å²) in [5, 5.41) is 3.19. The van der Waals surface area contributed by atoms with Crippen LogP contribution in [0.1, 0.15) is 18.0 Å². The average molecular weight is 307 g/mol. The molecule has 0 aromatic heterocycles. The van der Waals surface area contributed by atoms with Gasteiger partial charge in [0.2, 0.25) is 0 Å². The lowest BCUT2D eigenvalue weighted by Gasteiger charge is -2.35. The molecule has 0 radical (unpaired) electrons. The lowest BCUT2D eigenvalue weighted by Crippen LogP contribution is -2.45. The number of halogens is 4. The van der Waals surface area contributed by atoms with Crippen LogP contribution in [0.4, 0.5) is 13.2 Å². The van der Waals surface area contributed by atoms with Gasteiger partial charge in [-0.15, -0.1) is 19.0 Å². The zero-order valence-corrected chi connectivity index (χ0v) is 11.9. The van der Waals surface area contributed by atoms with Crippen LogP contribution in [0.2, 0.25) is 0 Å². The lowest BCUT2D eigenvalue weighted by atomic mass is 10.00. The molecule has 20 heavy (non-hydrogen) atoms. The Labute approximate surface area is 123 Å². The summed E-state index contributed by atoms with van der Waals surface area (Å²) in [4.78, 5) is 2.02. The Hall–Kier alpha value is -1.04. The predicted octanol–water partition coefficient (Wildman–Crippen LogP) is 3.05. The van der Waals surface area contributed by atoms with Crippen molar-refractivity contribution in [3.05, 3.63) is 47.8 Å². The molecule has 0 spiro atoms. The van der Waals surface area contributed by atoms with Crippen LogP contribution >= 0.6 is 12.4 Å². The average Bonchev–Trinajstić information content (AvgIpc) is 2.41. The third-order valence-electron chi connectivity index (χ3n) is 3.36. The Balaban J connectivity index is 0.00000200. The van der Waals surface area contributed by atoms with E-state index in [1.54, 1.807) is 6.08 Å². The van der Waals surface area contributed by atoms with Gasteiger partial charge < -0.3 is 5.32 Å². The highest BCUT2D eigenvalue weighted by atomic mass is 35.5. The number of rotatable bonds is 4. The van der Waals surface area contributed by atoms with Crippen LogP contribution in [0, 0.1) is 17.5 Å². The lowest BCUT2D eigenvalue weighted by molar-refractivity contribution is 0.170. The summed E-state index contributed by atoms with van der Waals surface area (Å²) in [5.74, 6) is -2.86. The first-order valence-corrected chi connectivity index (χ1v) is 6.33. The zero-order chi connectivity index (χ0) is 13.8. The van der Waals surface area contributed by atoms with Gasteiger partial charge >= 0.3 is 0 Å². The minimum absolute atomic E-state index is 0. The molecular weight excluding hydrogens is 289 g/mol. The summed E-state index contributed by atoms with van der Waals surface area (Å²) >= 11 is 0. The van der Waals surface area contributed by atoms with Crippen molar-refractivity contribution in [2.24, 2.45) is 0 Å². The van der Waals surface area contributed by atoms with Crippen LogP contribution in [-0.2, 0) is 0 Å². The van der Waals surface area contributed by atoms with E-state index in [-0.39, 0.29) is 24.0 Å². The molecule has 1 atom stereocenters. The summed E-state index contributed by atoms with van der Waals surface area (Å²) in [6, 6.07) is 1.28. The van der Waals surface area contributed by atoms with Gasteiger partial charge in [0.15, 0.2) is 11.6 Å². The normalized spacial score (nSPS) is 17.4. The monoisotopic (exact) mass is 306 g/mol. The molecule has 1 aliphatic rings. The molecule has 1 aromatic rings. The highest BCUT2D eigenvalue weighted by molar-refractivity contribution is 5.85. The first-order chi connectivity index (χ1) is 9.13. The maximum atomic E-state index is 13.9. The van der Waals surface area contributed by atoms with Gasteiger partial charge in [-0.3, -0.25) is 4.90 Å². The van der Waals surface area contributed by atoms with Gasteiger partial charge in [-0.1, -0.05) is 6.08 Å². The van der Waals surface area contributed by atoms with Crippen LogP contribution < -0.4 is 5.32 Å². The fourth-order valence-corrected chi connectivity index (χ4v) is 2.44. The third-order valence-corrected chi connectivity index (χ3v) is 3.36. The minimum Gasteiger partial charge on any atom is -0.314 e. The first kappa shape index (κ1) is 17.0. The number of hydrogen-bond donors (Lipinski definition) is 1. The third kappa shape index (κ3) is 3.75. The number of piperazine rings is 1. The van der Waals surface area contributed by atoms with Crippen molar-refractivity contribution in [1.29, 1.82) is 0 Å². The number of hydrogen-bond acceptors (Lipinski definition) is 2. The van der Waals surface area contributed by atoms with Crippen LogP contribution in [-0.4, -0.2) is 31.1 Å². The fraction of sp³-hybridized carbons (Fsp3) is 0.429. The molecule has 0 amide bonds. The fourth-order valence-electron chi connectivity index (χ4n) is 2.44. The van der Waals surface area contributed by atoms with Crippen molar-refractivity contribution in [2.45, 2.75) is 12.5 Å². The Bertz CT molecular complexity index is 462. The highest BCUT2D eigenvalue weighted by Crippen LogP contribution is 2.29. The van der Waals surface area contributed by atoms with E-state index in [9.17, 15) is 13.2 Å². The molecule has 112 valence electrons. The van der Waals surface area contributed by atoms with Crippen molar-refractivity contribution in [3.8, 4) is 0 Å². The molecule has 1 heterocycles. The molecule has 2 rings (SSSR count). The van der Waals surface area contributed by atoms with E-state index in [0.29, 0.717) is 12.5 Å². The molecule has 1 N–H and O–H groups in total. The molecule has 1 aliphatic heterocycles. The van der Waals surface area contributed by atoms with E-state index in [0.717, 1.165) is 32.2 Å². The Morgan fingerprint density at radius 2 is 1.90 bits per heavy atom. The number of nitrogens with zero attached hydrogens (tertiary/aromatic N) is 1. The first-order valence-electron chi connectivity index (χ1n) is 6.33. The van der Waals surface area contributed by atoms with E-state index in [1.165, 1.54) is 0 Å². The second-order valence-corrected chi connectivity index (χ2v) is 4.62. The van der Waals surface area contributed by atoms with Crippen molar-refractivity contribution >= 4 is 12.4 Å². The van der Waals surface area contributed by atoms with Gasteiger partial charge in [0.1, 0.15) is 5.82 Å². The molecule has 0 saturated carbocycles. The molecule has 1 saturated heterocycles. The summed E-state index contributed by atoms with van der Waals surface area (Å²) < 4.78 is 40.5. The van der Waals surface area contributed by atoms with Crippen LogP contribution in [0.5, 0.6) is 0 Å². The highest BCUT2D eigenvalue weighted by Gasteiger charge is 2.25. The maximum Gasteiger partial charge on any atom is 0.163 e. The van der Waals surface area contributed by atoms with Crippen molar-refractivity contribution in [3.63, 3.8) is 0 Å². The van der Waals surface area contributed by atoms with E-state index in [1.807, 2.05) is 4.90 Å². The quantitative estimate of drug-likeness (QED) is 0.679. The van der Waals surface area contributed by atoms with Crippen molar-refractivity contribution in [1.82, 2.24) is 10.2 Å². The SMILES string of the molecule is C=CC[C@@H](c1cc(F)cc(F)c1F)N1CCNCC1.Cl. The molecule has 0 unspecified atom stereocenters. The topological polar surface area (TPSA) is 15.3 Å². The van der Waals surface area contributed by atoms with Gasteiger partial charge in [0, 0.05) is 43.9 Å². The van der Waals surface area contributed by atoms with E-state index in [2.05, 4.69) is 11.9 Å². The molecular formula is C14H18ClF3N2. The van der Waals surface area contributed by atoms with E-state index in [4.69, 9.17) is 0 Å². The molecule has 1 fully saturated rings. The van der Waals surface area contributed by atoms with Crippen LogP contribution in [0.3, 0.4) is 0 Å². The van der Waals surface area contributed by atoms with E-state index < -0.39 is 17.5 Å². The summed E-state index contributed by atoms with van der Waals surface area (Å²) in [6.45, 7) is 6.65. The minimum atomic E-state index is -1.14. The second-order valence-electron chi connectivity index (χ2n) is 4.62. The van der Waals surface area contributed by atoms with Gasteiger partial charge in [0.25, 0.3) is 0 Å². The number of benzene rings is 1. The van der Waals surface area contributed by atoms with Gasteiger partial charge in [-0.2, -0.15) is 0 Å². The largest absolute Gasteiger partial charge is 0.314 e.